The molecule has 0 bridgehead atoms. The van der Waals surface area contributed by atoms with Crippen molar-refractivity contribution < 1.29 is 9.53 Å². The minimum Gasteiger partial charge on any atom is -0.481 e. The molecule has 3 aromatic heterocycles. The third-order valence-electron chi connectivity index (χ3n) is 5.65. The fourth-order valence-electron chi connectivity index (χ4n) is 3.69. The lowest BCUT2D eigenvalue weighted by atomic mass is 10.1. The van der Waals surface area contributed by atoms with Crippen molar-refractivity contribution in [2.45, 2.75) is 25.8 Å². The highest BCUT2D eigenvalue weighted by molar-refractivity contribution is 5.95. The second-order valence-corrected chi connectivity index (χ2v) is 8.15. The van der Waals surface area contributed by atoms with E-state index in [9.17, 15) is 4.79 Å². The van der Waals surface area contributed by atoms with Crippen molar-refractivity contribution in [3.8, 4) is 17.0 Å². The average Bonchev–Trinajstić information content (AvgIpc) is 3.60. The normalized spacial score (nSPS) is 15.4. The molecule has 1 saturated carbocycles. The number of rotatable bonds is 7. The van der Waals surface area contributed by atoms with Crippen LogP contribution in [-0.4, -0.2) is 37.7 Å². The van der Waals surface area contributed by atoms with Gasteiger partial charge in [0.2, 0.25) is 5.88 Å². The molecule has 1 N–H and O–H groups in total. The molecule has 2 aliphatic rings. The van der Waals surface area contributed by atoms with Gasteiger partial charge in [0.25, 0.3) is 5.91 Å². The van der Waals surface area contributed by atoms with E-state index in [1.165, 1.54) is 12.8 Å². The van der Waals surface area contributed by atoms with Crippen molar-refractivity contribution in [2.24, 2.45) is 5.92 Å². The average molecular weight is 441 g/mol. The Labute approximate surface area is 191 Å². The summed E-state index contributed by atoms with van der Waals surface area (Å²) in [6, 6.07) is 7.29. The van der Waals surface area contributed by atoms with Crippen LogP contribution in [0.1, 0.15) is 35.6 Å². The maximum Gasteiger partial charge on any atom is 0.274 e. The third kappa shape index (κ3) is 4.90. The number of methoxy groups -OCH3 is 1. The summed E-state index contributed by atoms with van der Waals surface area (Å²) in [5.41, 5.74) is 3.76. The first-order chi connectivity index (χ1) is 16.2. The Kier molecular flexibility index (Phi) is 5.80. The first kappa shape index (κ1) is 20.8. The van der Waals surface area contributed by atoms with Crippen LogP contribution in [-0.2, 0) is 6.54 Å². The molecular weight excluding hydrogens is 416 g/mol. The van der Waals surface area contributed by atoms with Crippen LogP contribution < -0.4 is 10.1 Å². The predicted octanol–water partition coefficient (Wildman–Crippen LogP) is 3.81. The molecule has 0 saturated heterocycles. The van der Waals surface area contributed by atoms with E-state index in [1.807, 2.05) is 36.4 Å². The van der Waals surface area contributed by atoms with E-state index in [4.69, 9.17) is 4.74 Å². The van der Waals surface area contributed by atoms with Gasteiger partial charge < -0.3 is 14.6 Å². The molecule has 0 spiro atoms. The number of hydrogen-bond acceptors (Lipinski definition) is 6. The number of carbonyl (C=O) groups is 1. The zero-order valence-corrected chi connectivity index (χ0v) is 18.3. The van der Waals surface area contributed by atoms with Crippen LogP contribution in [0.25, 0.3) is 16.7 Å². The minimum absolute atomic E-state index is 0.265. The topological polar surface area (TPSA) is 94.8 Å². The molecule has 0 unspecified atom stereocenters. The number of nitrogens with zero attached hydrogens (tertiary/aromatic N) is 5. The van der Waals surface area contributed by atoms with Crippen molar-refractivity contribution in [1.82, 2.24) is 30.0 Å². The molecule has 0 aliphatic heterocycles. The first-order valence-electron chi connectivity index (χ1n) is 10.9. The van der Waals surface area contributed by atoms with E-state index in [1.54, 1.807) is 38.0 Å². The van der Waals surface area contributed by atoms with Gasteiger partial charge in [-0.1, -0.05) is 18.2 Å². The molecule has 2 aliphatic carbocycles. The van der Waals surface area contributed by atoms with E-state index in [-0.39, 0.29) is 5.91 Å². The van der Waals surface area contributed by atoms with Crippen LogP contribution in [0.15, 0.2) is 73.0 Å². The Hall–Kier alpha value is -4.07. The lowest BCUT2D eigenvalue weighted by molar-refractivity contribution is 0.0960. The molecule has 0 atom stereocenters. The fourth-order valence-corrected chi connectivity index (χ4v) is 3.69. The number of carbonyl (C=O) groups excluding carboxylic acids is 1. The van der Waals surface area contributed by atoms with Crippen molar-refractivity contribution in [3.63, 3.8) is 0 Å². The molecule has 8 heteroatoms. The molecule has 5 rings (SSSR count). The van der Waals surface area contributed by atoms with Crippen molar-refractivity contribution in [3.05, 3.63) is 84.5 Å². The molecule has 0 aromatic carbocycles. The zero-order chi connectivity index (χ0) is 22.6. The Balaban J connectivity index is 1.34. The monoisotopic (exact) mass is 440 g/mol. The summed E-state index contributed by atoms with van der Waals surface area (Å²) in [7, 11) is 1.58. The number of pyridine rings is 2. The van der Waals surface area contributed by atoms with Crippen molar-refractivity contribution >= 4 is 11.5 Å². The maximum atomic E-state index is 13.0. The van der Waals surface area contributed by atoms with Crippen molar-refractivity contribution in [2.75, 3.05) is 7.11 Å². The van der Waals surface area contributed by atoms with Crippen LogP contribution in [0, 0.1) is 5.92 Å². The summed E-state index contributed by atoms with van der Waals surface area (Å²) in [5.74, 6) is 1.80. The Morgan fingerprint density at radius 2 is 2.12 bits per heavy atom. The third-order valence-corrected chi connectivity index (χ3v) is 5.65. The van der Waals surface area contributed by atoms with Gasteiger partial charge in [-0.25, -0.2) is 4.98 Å². The zero-order valence-electron chi connectivity index (χ0n) is 18.3. The second kappa shape index (κ2) is 9.20. The molecule has 0 radical (unpaired) electrons. The molecule has 3 heterocycles. The van der Waals surface area contributed by atoms with Crippen LogP contribution in [0.2, 0.25) is 0 Å². The van der Waals surface area contributed by atoms with Gasteiger partial charge in [-0.2, -0.15) is 0 Å². The largest absolute Gasteiger partial charge is 0.481 e. The summed E-state index contributed by atoms with van der Waals surface area (Å²) in [5, 5.41) is 11.4. The first-order valence-corrected chi connectivity index (χ1v) is 10.9. The molecular formula is C25H24N6O2. The van der Waals surface area contributed by atoms with E-state index in [0.717, 1.165) is 34.8 Å². The quantitative estimate of drug-likeness (QED) is 0.600. The molecule has 33 heavy (non-hydrogen) atoms. The SMILES string of the molecule is COc1ccc(-c2ccnc(C(=O)NC3=CC(c4nncn4CC4CC4)=CC=CC3)c2)cn1. The highest BCUT2D eigenvalue weighted by Gasteiger charge is 2.23. The minimum atomic E-state index is -0.265. The van der Waals surface area contributed by atoms with E-state index in [2.05, 4.69) is 30.0 Å². The van der Waals surface area contributed by atoms with E-state index >= 15 is 0 Å². The number of amides is 1. The second-order valence-electron chi connectivity index (χ2n) is 8.15. The number of allylic oxidation sites excluding steroid dienone is 5. The summed E-state index contributed by atoms with van der Waals surface area (Å²) in [6.07, 6.45) is 16.2. The van der Waals surface area contributed by atoms with E-state index < -0.39 is 0 Å². The standard InChI is InChI=1S/C25H24N6O2/c1-33-23-9-8-20(14-27-23)18-10-11-26-22(13-18)25(32)29-21-5-3-2-4-19(12-21)24-30-28-16-31(24)15-17-6-7-17/h2-4,8-14,16-17H,5-7,15H2,1H3,(H,29,32). The van der Waals surface area contributed by atoms with Crippen molar-refractivity contribution in [1.29, 1.82) is 0 Å². The van der Waals surface area contributed by atoms with Gasteiger partial charge in [0.1, 0.15) is 12.0 Å². The van der Waals surface area contributed by atoms with Crippen LogP contribution in [0.4, 0.5) is 0 Å². The Morgan fingerprint density at radius 1 is 1.21 bits per heavy atom. The fraction of sp³-hybridized carbons (Fsp3) is 0.240. The van der Waals surface area contributed by atoms with Crippen LogP contribution in [0.3, 0.4) is 0 Å². The van der Waals surface area contributed by atoms with Gasteiger partial charge in [-0.3, -0.25) is 9.78 Å². The Bertz CT molecular complexity index is 1250. The summed E-state index contributed by atoms with van der Waals surface area (Å²) >= 11 is 0. The van der Waals surface area contributed by atoms with E-state index in [0.29, 0.717) is 23.9 Å². The number of aromatic nitrogens is 5. The maximum absolute atomic E-state index is 13.0. The summed E-state index contributed by atoms with van der Waals surface area (Å²) < 4.78 is 7.20. The summed E-state index contributed by atoms with van der Waals surface area (Å²) in [4.78, 5) is 21.5. The smallest absolute Gasteiger partial charge is 0.274 e. The molecule has 8 nitrogen and oxygen atoms in total. The molecule has 1 amide bonds. The summed E-state index contributed by atoms with van der Waals surface area (Å²) in [6.45, 7) is 0.926. The van der Waals surface area contributed by atoms with Gasteiger partial charge in [0.05, 0.1) is 7.11 Å². The molecule has 1 fully saturated rings. The van der Waals surface area contributed by atoms with Gasteiger partial charge >= 0.3 is 0 Å². The molecule has 166 valence electrons. The number of nitrogens with one attached hydrogen (secondary N) is 1. The number of ether oxygens (including phenoxy) is 1. The van der Waals surface area contributed by atoms with Crippen LogP contribution >= 0.6 is 0 Å². The highest BCUT2D eigenvalue weighted by Crippen LogP contribution is 2.31. The highest BCUT2D eigenvalue weighted by atomic mass is 16.5. The number of hydrogen-bond donors (Lipinski definition) is 1. The Morgan fingerprint density at radius 3 is 2.91 bits per heavy atom. The molecule has 3 aromatic rings. The lowest BCUT2D eigenvalue weighted by Gasteiger charge is -2.10. The van der Waals surface area contributed by atoms with Gasteiger partial charge in [0.15, 0.2) is 5.82 Å². The van der Waals surface area contributed by atoms with Crippen LogP contribution in [0.5, 0.6) is 5.88 Å². The van der Waals surface area contributed by atoms with Gasteiger partial charge in [-0.05, 0) is 48.6 Å². The van der Waals surface area contributed by atoms with Gasteiger partial charge in [-0.15, -0.1) is 10.2 Å². The van der Waals surface area contributed by atoms with Gasteiger partial charge in [0, 0.05) is 48.3 Å². The predicted molar refractivity (Wildman–Crippen MR) is 124 cm³/mol. The lowest BCUT2D eigenvalue weighted by Crippen LogP contribution is -2.23.